The highest BCUT2D eigenvalue weighted by Gasteiger charge is 2.26. The summed E-state index contributed by atoms with van der Waals surface area (Å²) >= 11 is 2.37. The molecule has 0 aliphatic carbocycles. The molecule has 18 heavy (non-hydrogen) atoms. The second-order valence-electron chi connectivity index (χ2n) is 5.08. The van der Waals surface area contributed by atoms with Crippen molar-refractivity contribution in [2.75, 3.05) is 18.0 Å². The van der Waals surface area contributed by atoms with Crippen LogP contribution in [-0.4, -0.2) is 25.2 Å². The Bertz CT molecular complexity index is 363. The Labute approximate surface area is 124 Å². The molecule has 0 spiro atoms. The van der Waals surface area contributed by atoms with E-state index in [9.17, 15) is 0 Å². The molecule has 2 atom stereocenters. The zero-order valence-corrected chi connectivity index (χ0v) is 13.5. The zero-order valence-electron chi connectivity index (χ0n) is 11.3. The number of nitrogens with zero attached hydrogens (tertiary/aromatic N) is 1. The molecule has 2 unspecified atom stereocenters. The van der Waals surface area contributed by atoms with E-state index in [0.29, 0.717) is 12.1 Å². The predicted molar refractivity (Wildman–Crippen MR) is 87.3 cm³/mol. The first-order valence-corrected chi connectivity index (χ1v) is 8.08. The first kappa shape index (κ1) is 14.1. The average Bonchev–Trinajstić information content (AvgIpc) is 2.40. The van der Waals surface area contributed by atoms with E-state index in [2.05, 4.69) is 70.9 Å². The third kappa shape index (κ3) is 3.38. The second-order valence-corrected chi connectivity index (χ2v) is 6.33. The number of hydrogen-bond donors (Lipinski definition) is 1. The van der Waals surface area contributed by atoms with Gasteiger partial charge in [0.1, 0.15) is 0 Å². The SMILES string of the molecule is CCCC1CN(c2ccc(I)cc2)C(CC)CN1. The molecule has 100 valence electrons. The highest BCUT2D eigenvalue weighted by atomic mass is 127. The smallest absolute Gasteiger partial charge is 0.0412 e. The average molecular weight is 358 g/mol. The molecule has 1 fully saturated rings. The van der Waals surface area contributed by atoms with Gasteiger partial charge in [0.25, 0.3) is 0 Å². The summed E-state index contributed by atoms with van der Waals surface area (Å²) in [6.45, 7) is 6.81. The van der Waals surface area contributed by atoms with E-state index in [1.807, 2.05) is 0 Å². The number of rotatable bonds is 4. The summed E-state index contributed by atoms with van der Waals surface area (Å²) in [4.78, 5) is 2.59. The number of hydrogen-bond acceptors (Lipinski definition) is 2. The van der Waals surface area contributed by atoms with E-state index < -0.39 is 0 Å². The van der Waals surface area contributed by atoms with Crippen molar-refractivity contribution < 1.29 is 0 Å². The number of nitrogens with one attached hydrogen (secondary N) is 1. The van der Waals surface area contributed by atoms with Crippen LogP contribution in [0.4, 0.5) is 5.69 Å². The molecule has 3 heteroatoms. The maximum absolute atomic E-state index is 3.69. The minimum atomic E-state index is 0.637. The quantitative estimate of drug-likeness (QED) is 0.827. The Balaban J connectivity index is 2.12. The van der Waals surface area contributed by atoms with Gasteiger partial charge in [-0.15, -0.1) is 0 Å². The normalized spacial score (nSPS) is 24.3. The van der Waals surface area contributed by atoms with Gasteiger partial charge in [0.05, 0.1) is 0 Å². The lowest BCUT2D eigenvalue weighted by Gasteiger charge is -2.42. The van der Waals surface area contributed by atoms with E-state index in [1.54, 1.807) is 0 Å². The predicted octanol–water partition coefficient (Wildman–Crippen LogP) is 3.65. The van der Waals surface area contributed by atoms with Gasteiger partial charge in [0.15, 0.2) is 0 Å². The van der Waals surface area contributed by atoms with Gasteiger partial charge in [-0.3, -0.25) is 0 Å². The fourth-order valence-corrected chi connectivity index (χ4v) is 3.08. The van der Waals surface area contributed by atoms with Gasteiger partial charge in [0, 0.05) is 34.4 Å². The van der Waals surface area contributed by atoms with Crippen LogP contribution in [0.1, 0.15) is 33.1 Å². The summed E-state index contributed by atoms with van der Waals surface area (Å²) in [5, 5.41) is 3.69. The van der Waals surface area contributed by atoms with Crippen LogP contribution in [0.15, 0.2) is 24.3 Å². The fraction of sp³-hybridized carbons (Fsp3) is 0.600. The Morgan fingerprint density at radius 2 is 2.00 bits per heavy atom. The van der Waals surface area contributed by atoms with Crippen LogP contribution in [0.2, 0.25) is 0 Å². The van der Waals surface area contributed by atoms with Crippen molar-refractivity contribution in [3.05, 3.63) is 27.8 Å². The van der Waals surface area contributed by atoms with Gasteiger partial charge in [-0.05, 0) is 59.7 Å². The molecule has 1 aliphatic heterocycles. The lowest BCUT2D eigenvalue weighted by Crippen LogP contribution is -2.56. The molecule has 0 radical (unpaired) electrons. The van der Waals surface area contributed by atoms with Crippen molar-refractivity contribution >= 4 is 28.3 Å². The van der Waals surface area contributed by atoms with Crippen molar-refractivity contribution in [2.24, 2.45) is 0 Å². The Morgan fingerprint density at radius 3 is 2.61 bits per heavy atom. The van der Waals surface area contributed by atoms with Crippen molar-refractivity contribution in [3.8, 4) is 0 Å². The van der Waals surface area contributed by atoms with Crippen molar-refractivity contribution in [1.29, 1.82) is 0 Å². The van der Waals surface area contributed by atoms with Crippen LogP contribution < -0.4 is 10.2 Å². The van der Waals surface area contributed by atoms with Crippen LogP contribution in [0, 0.1) is 3.57 Å². The van der Waals surface area contributed by atoms with E-state index in [1.165, 1.54) is 28.5 Å². The molecule has 0 amide bonds. The van der Waals surface area contributed by atoms with E-state index in [4.69, 9.17) is 0 Å². The van der Waals surface area contributed by atoms with Gasteiger partial charge in [-0.25, -0.2) is 0 Å². The van der Waals surface area contributed by atoms with Crippen LogP contribution >= 0.6 is 22.6 Å². The van der Waals surface area contributed by atoms with Crippen LogP contribution in [0.3, 0.4) is 0 Å². The van der Waals surface area contributed by atoms with Crippen LogP contribution in [0.25, 0.3) is 0 Å². The van der Waals surface area contributed by atoms with E-state index in [-0.39, 0.29) is 0 Å². The summed E-state index contributed by atoms with van der Waals surface area (Å²) in [5.74, 6) is 0. The third-order valence-corrected chi connectivity index (χ3v) is 4.49. The standard InChI is InChI=1S/C15H23IN2/c1-3-5-13-11-18(14(4-2)10-17-13)15-8-6-12(16)7-9-15/h6-9,13-14,17H,3-5,10-11H2,1-2H3. The maximum atomic E-state index is 3.69. The molecule has 1 aliphatic rings. The first-order valence-electron chi connectivity index (χ1n) is 7.00. The molecule has 0 bridgehead atoms. The molecule has 0 aromatic heterocycles. The number of benzene rings is 1. The molecule has 0 saturated carbocycles. The molecule has 1 saturated heterocycles. The molecule has 1 aromatic carbocycles. The minimum absolute atomic E-state index is 0.637. The van der Waals surface area contributed by atoms with Gasteiger partial charge >= 0.3 is 0 Å². The number of piperazine rings is 1. The number of anilines is 1. The fourth-order valence-electron chi connectivity index (χ4n) is 2.72. The van der Waals surface area contributed by atoms with E-state index in [0.717, 1.165) is 13.1 Å². The van der Waals surface area contributed by atoms with Crippen LogP contribution in [0.5, 0.6) is 0 Å². The van der Waals surface area contributed by atoms with Gasteiger partial charge in [-0.2, -0.15) is 0 Å². The molecule has 1 heterocycles. The lowest BCUT2D eigenvalue weighted by atomic mass is 10.0. The summed E-state index contributed by atoms with van der Waals surface area (Å²) in [6, 6.07) is 10.2. The zero-order chi connectivity index (χ0) is 13.0. The lowest BCUT2D eigenvalue weighted by molar-refractivity contribution is 0.369. The topological polar surface area (TPSA) is 15.3 Å². The summed E-state index contributed by atoms with van der Waals surface area (Å²) in [5.41, 5.74) is 1.38. The first-order chi connectivity index (χ1) is 8.74. The molecular formula is C15H23IN2. The summed E-state index contributed by atoms with van der Waals surface area (Å²) in [7, 11) is 0. The Morgan fingerprint density at radius 1 is 1.28 bits per heavy atom. The summed E-state index contributed by atoms with van der Waals surface area (Å²) < 4.78 is 1.31. The third-order valence-electron chi connectivity index (χ3n) is 3.77. The Hall–Kier alpha value is -0.290. The number of halogens is 1. The molecule has 1 aromatic rings. The molecule has 2 rings (SSSR count). The largest absolute Gasteiger partial charge is 0.366 e. The highest BCUT2D eigenvalue weighted by Crippen LogP contribution is 2.23. The van der Waals surface area contributed by atoms with Crippen molar-refractivity contribution in [2.45, 2.75) is 45.2 Å². The monoisotopic (exact) mass is 358 g/mol. The van der Waals surface area contributed by atoms with Gasteiger partial charge in [-0.1, -0.05) is 20.3 Å². The minimum Gasteiger partial charge on any atom is -0.366 e. The van der Waals surface area contributed by atoms with Crippen LogP contribution in [-0.2, 0) is 0 Å². The Kier molecular flexibility index (Phi) is 5.30. The molecule has 2 nitrogen and oxygen atoms in total. The summed E-state index contributed by atoms with van der Waals surface area (Å²) in [6.07, 6.45) is 3.74. The second kappa shape index (κ2) is 6.75. The maximum Gasteiger partial charge on any atom is 0.0412 e. The highest BCUT2D eigenvalue weighted by molar-refractivity contribution is 14.1. The molecule has 1 N–H and O–H groups in total. The van der Waals surface area contributed by atoms with E-state index >= 15 is 0 Å². The molecular weight excluding hydrogens is 335 g/mol. The van der Waals surface area contributed by atoms with Crippen molar-refractivity contribution in [3.63, 3.8) is 0 Å². The van der Waals surface area contributed by atoms with Crippen molar-refractivity contribution in [1.82, 2.24) is 5.32 Å². The van der Waals surface area contributed by atoms with Gasteiger partial charge < -0.3 is 10.2 Å². The van der Waals surface area contributed by atoms with Gasteiger partial charge in [0.2, 0.25) is 0 Å².